The Labute approximate surface area is 189 Å². The summed E-state index contributed by atoms with van der Waals surface area (Å²) in [6.07, 6.45) is 15.8. The molecule has 1 amide bonds. The summed E-state index contributed by atoms with van der Waals surface area (Å²) in [7, 11) is 0. The molecule has 170 valence electrons. The number of carbonyl (C=O) groups is 1. The van der Waals surface area contributed by atoms with Crippen LogP contribution in [0.25, 0.3) is 0 Å². The largest absolute Gasteiger partial charge is 0.491 e. The molecule has 0 radical (unpaired) electrons. The second-order valence-electron chi connectivity index (χ2n) is 8.15. The third-order valence-electron chi connectivity index (χ3n) is 5.28. The van der Waals surface area contributed by atoms with Crippen LogP contribution in [0.4, 0.5) is 5.69 Å². The topological polar surface area (TPSA) is 50.4 Å². The lowest BCUT2D eigenvalue weighted by Crippen LogP contribution is -2.33. The fourth-order valence-corrected chi connectivity index (χ4v) is 3.47. The van der Waals surface area contributed by atoms with Gasteiger partial charge in [0.1, 0.15) is 5.75 Å². The Morgan fingerprint density at radius 1 is 0.900 bits per heavy atom. The molecule has 5 heteroatoms. The van der Waals surface area contributed by atoms with E-state index in [2.05, 4.69) is 24.5 Å². The zero-order valence-electron chi connectivity index (χ0n) is 19.3. The molecular formula is C25H42N2O2S. The fraction of sp³-hybridized carbons (Fsp3) is 0.680. The highest BCUT2D eigenvalue weighted by Crippen LogP contribution is 2.17. The van der Waals surface area contributed by atoms with Gasteiger partial charge in [0, 0.05) is 12.1 Å². The maximum atomic E-state index is 12.1. The van der Waals surface area contributed by atoms with Crippen molar-refractivity contribution in [2.75, 3.05) is 5.32 Å². The van der Waals surface area contributed by atoms with Gasteiger partial charge in [0.25, 0.3) is 0 Å². The maximum Gasteiger partial charge on any atom is 0.226 e. The van der Waals surface area contributed by atoms with Crippen molar-refractivity contribution in [1.29, 1.82) is 0 Å². The highest BCUT2D eigenvalue weighted by Gasteiger charge is 2.06. The average Bonchev–Trinajstić information content (AvgIpc) is 2.73. The van der Waals surface area contributed by atoms with Crippen molar-refractivity contribution in [1.82, 2.24) is 5.32 Å². The summed E-state index contributed by atoms with van der Waals surface area (Å²) < 4.78 is 5.76. The number of anilines is 1. The van der Waals surface area contributed by atoms with Crippen LogP contribution < -0.4 is 15.4 Å². The van der Waals surface area contributed by atoms with Crippen LogP contribution in [0.1, 0.15) is 104 Å². The van der Waals surface area contributed by atoms with E-state index >= 15 is 0 Å². The molecule has 30 heavy (non-hydrogen) atoms. The maximum absolute atomic E-state index is 12.1. The van der Waals surface area contributed by atoms with E-state index in [1.165, 1.54) is 57.8 Å². The van der Waals surface area contributed by atoms with Crippen molar-refractivity contribution in [3.8, 4) is 5.75 Å². The number of hydrogen-bond acceptors (Lipinski definition) is 3. The number of amides is 1. The molecule has 0 aliphatic carbocycles. The van der Waals surface area contributed by atoms with Gasteiger partial charge in [0.2, 0.25) is 5.91 Å². The lowest BCUT2D eigenvalue weighted by Gasteiger charge is -2.13. The van der Waals surface area contributed by atoms with E-state index in [-0.39, 0.29) is 12.0 Å². The van der Waals surface area contributed by atoms with E-state index in [0.29, 0.717) is 11.5 Å². The normalized spacial score (nSPS) is 11.7. The van der Waals surface area contributed by atoms with Crippen LogP contribution in [0.3, 0.4) is 0 Å². The van der Waals surface area contributed by atoms with Gasteiger partial charge < -0.3 is 15.4 Å². The molecule has 1 atom stereocenters. The summed E-state index contributed by atoms with van der Waals surface area (Å²) in [5.41, 5.74) is 0.839. The molecule has 4 nitrogen and oxygen atoms in total. The van der Waals surface area contributed by atoms with Gasteiger partial charge in [-0.3, -0.25) is 4.79 Å². The Balaban J connectivity index is 2.06. The predicted molar refractivity (Wildman–Crippen MR) is 132 cm³/mol. The summed E-state index contributed by atoms with van der Waals surface area (Å²) in [6, 6.07) is 7.62. The molecule has 1 unspecified atom stereocenters. The molecule has 0 aliphatic rings. The van der Waals surface area contributed by atoms with Crippen LogP contribution in [-0.4, -0.2) is 17.1 Å². The molecule has 0 heterocycles. The minimum atomic E-state index is -0.0138. The van der Waals surface area contributed by atoms with Gasteiger partial charge in [-0.15, -0.1) is 0 Å². The average molecular weight is 435 g/mol. The molecule has 2 N–H and O–H groups in total. The van der Waals surface area contributed by atoms with Crippen LogP contribution in [0.5, 0.6) is 5.75 Å². The fourth-order valence-electron chi connectivity index (χ4n) is 3.23. The molecule has 1 aromatic rings. The van der Waals surface area contributed by atoms with Crippen molar-refractivity contribution in [3.05, 3.63) is 24.3 Å². The number of carbonyl (C=O) groups excluding carboxylic acids is 1. The highest BCUT2D eigenvalue weighted by molar-refractivity contribution is 7.80. The number of nitrogens with one attached hydrogen (secondary N) is 2. The van der Waals surface area contributed by atoms with Crippen LogP contribution >= 0.6 is 12.2 Å². The van der Waals surface area contributed by atoms with E-state index in [4.69, 9.17) is 17.0 Å². The molecule has 0 bridgehead atoms. The van der Waals surface area contributed by atoms with E-state index in [9.17, 15) is 4.79 Å². The van der Waals surface area contributed by atoms with Crippen LogP contribution in [-0.2, 0) is 4.79 Å². The smallest absolute Gasteiger partial charge is 0.226 e. The van der Waals surface area contributed by atoms with Crippen molar-refractivity contribution in [2.45, 2.75) is 110 Å². The van der Waals surface area contributed by atoms with E-state index in [1.54, 1.807) is 0 Å². The van der Waals surface area contributed by atoms with Crippen molar-refractivity contribution in [2.24, 2.45) is 0 Å². The highest BCUT2D eigenvalue weighted by atomic mass is 32.1. The Bertz CT molecular complexity index is 589. The molecule has 0 saturated heterocycles. The van der Waals surface area contributed by atoms with Crippen molar-refractivity contribution >= 4 is 28.9 Å². The Morgan fingerprint density at radius 3 is 1.97 bits per heavy atom. The summed E-state index contributed by atoms with van der Waals surface area (Å²) in [4.78, 5) is 12.1. The minimum absolute atomic E-state index is 0.0138. The van der Waals surface area contributed by atoms with Gasteiger partial charge in [0.05, 0.1) is 6.10 Å². The first kappa shape index (κ1) is 26.4. The Kier molecular flexibility index (Phi) is 15.1. The molecule has 0 aromatic heterocycles. The Hall–Kier alpha value is -1.62. The van der Waals surface area contributed by atoms with E-state index in [1.807, 2.05) is 31.2 Å². The van der Waals surface area contributed by atoms with Crippen LogP contribution in [0.15, 0.2) is 24.3 Å². The molecule has 0 fully saturated rings. The summed E-state index contributed by atoms with van der Waals surface area (Å²) in [5.74, 6) is 0.821. The second kappa shape index (κ2) is 17.1. The molecule has 0 spiro atoms. The summed E-state index contributed by atoms with van der Waals surface area (Å²) >= 11 is 5.25. The first-order chi connectivity index (χ1) is 14.5. The molecule has 1 aromatic carbocycles. The minimum Gasteiger partial charge on any atom is -0.491 e. The van der Waals surface area contributed by atoms with E-state index < -0.39 is 0 Å². The zero-order valence-corrected chi connectivity index (χ0v) is 20.1. The van der Waals surface area contributed by atoms with Crippen LogP contribution in [0.2, 0.25) is 0 Å². The molecular weight excluding hydrogens is 392 g/mol. The standard InChI is InChI=1S/C25H42N2O2S/c1-4-6-7-8-9-10-11-12-13-14-15-16-24(28)27-25(30)26-22-17-19-23(20-18-22)29-21(3)5-2/h17-21H,4-16H2,1-3H3,(H2,26,27,28,30). The Morgan fingerprint density at radius 2 is 1.43 bits per heavy atom. The predicted octanol–water partition coefficient (Wildman–Crippen LogP) is 7.38. The first-order valence-corrected chi connectivity index (χ1v) is 12.3. The molecule has 0 saturated carbocycles. The number of rotatable bonds is 16. The SMILES string of the molecule is CCCCCCCCCCCCCC(=O)NC(=S)Nc1ccc(OC(C)CC)cc1. The van der Waals surface area contributed by atoms with Gasteiger partial charge >= 0.3 is 0 Å². The van der Waals surface area contributed by atoms with Gasteiger partial charge in [-0.1, -0.05) is 78.1 Å². The summed E-state index contributed by atoms with van der Waals surface area (Å²) in [6.45, 7) is 6.40. The number of ether oxygens (including phenoxy) is 1. The van der Waals surface area contributed by atoms with E-state index in [0.717, 1.165) is 30.7 Å². The van der Waals surface area contributed by atoms with Gasteiger partial charge in [0.15, 0.2) is 5.11 Å². The molecule has 1 rings (SSSR count). The zero-order chi connectivity index (χ0) is 22.0. The quantitative estimate of drug-likeness (QED) is 0.210. The van der Waals surface area contributed by atoms with Gasteiger partial charge in [-0.25, -0.2) is 0 Å². The lowest BCUT2D eigenvalue weighted by atomic mass is 10.1. The van der Waals surface area contributed by atoms with Crippen molar-refractivity contribution in [3.63, 3.8) is 0 Å². The summed E-state index contributed by atoms with van der Waals surface area (Å²) in [5, 5.41) is 6.17. The first-order valence-electron chi connectivity index (χ1n) is 11.9. The number of thiocarbonyl (C=S) groups is 1. The number of hydrogen-bond donors (Lipinski definition) is 2. The third-order valence-corrected chi connectivity index (χ3v) is 5.49. The van der Waals surface area contributed by atoms with Gasteiger partial charge in [-0.05, 0) is 56.2 Å². The monoisotopic (exact) mass is 434 g/mol. The second-order valence-corrected chi connectivity index (χ2v) is 8.56. The van der Waals surface area contributed by atoms with Crippen LogP contribution in [0, 0.1) is 0 Å². The molecule has 0 aliphatic heterocycles. The van der Waals surface area contributed by atoms with Crippen molar-refractivity contribution < 1.29 is 9.53 Å². The third kappa shape index (κ3) is 13.6. The lowest BCUT2D eigenvalue weighted by molar-refractivity contribution is -0.119. The number of benzene rings is 1. The van der Waals surface area contributed by atoms with Gasteiger partial charge in [-0.2, -0.15) is 0 Å². The number of unbranched alkanes of at least 4 members (excludes halogenated alkanes) is 10.